The first-order chi connectivity index (χ1) is 8.31. The lowest BCUT2D eigenvalue weighted by atomic mass is 9.82. The number of nitrogens with one attached hydrogen (secondary N) is 1. The molecule has 1 aromatic heterocycles. The van der Waals surface area contributed by atoms with Crippen LogP contribution in [0.2, 0.25) is 0 Å². The average molecular weight is 230 g/mol. The Labute approximate surface area is 104 Å². The van der Waals surface area contributed by atoms with Crippen LogP contribution in [0.4, 0.5) is 0 Å². The van der Waals surface area contributed by atoms with Crippen LogP contribution in [0.15, 0.2) is 18.3 Å². The minimum atomic E-state index is 0.247. The maximum absolute atomic E-state index is 4.50. The molecule has 0 bridgehead atoms. The number of pyridine rings is 1. The molecule has 0 aromatic carbocycles. The average Bonchev–Trinajstić information content (AvgIpc) is 3.17. The lowest BCUT2D eigenvalue weighted by Gasteiger charge is -2.34. The van der Waals surface area contributed by atoms with Crippen molar-refractivity contribution < 1.29 is 0 Å². The summed E-state index contributed by atoms with van der Waals surface area (Å²) in [6.45, 7) is 3.23. The maximum atomic E-state index is 4.50. The first-order valence-corrected chi connectivity index (χ1v) is 6.99. The molecule has 2 nitrogen and oxygen atoms in total. The number of hydrogen-bond donors (Lipinski definition) is 1. The van der Waals surface area contributed by atoms with Crippen molar-refractivity contribution in [1.82, 2.24) is 10.3 Å². The van der Waals surface area contributed by atoms with Gasteiger partial charge in [0, 0.05) is 17.4 Å². The molecule has 1 aliphatic heterocycles. The van der Waals surface area contributed by atoms with Gasteiger partial charge in [-0.2, -0.15) is 0 Å². The molecule has 1 aliphatic carbocycles. The molecule has 1 N–H and O–H groups in total. The van der Waals surface area contributed by atoms with Crippen LogP contribution >= 0.6 is 0 Å². The van der Waals surface area contributed by atoms with Crippen LogP contribution in [0.5, 0.6) is 0 Å². The van der Waals surface area contributed by atoms with Crippen LogP contribution in [0.25, 0.3) is 0 Å². The zero-order chi connectivity index (χ0) is 11.7. The molecule has 0 radical (unpaired) electrons. The van der Waals surface area contributed by atoms with Crippen LogP contribution in [0.3, 0.4) is 0 Å². The van der Waals surface area contributed by atoms with Crippen LogP contribution in [-0.4, -0.2) is 11.5 Å². The van der Waals surface area contributed by atoms with E-state index in [1.54, 1.807) is 0 Å². The molecule has 1 unspecified atom stereocenters. The second-order valence-corrected chi connectivity index (χ2v) is 5.67. The Kier molecular flexibility index (Phi) is 2.91. The second kappa shape index (κ2) is 4.41. The number of aryl methyl sites for hydroxylation is 1. The molecule has 2 aliphatic rings. The molecule has 0 spiro atoms. The summed E-state index contributed by atoms with van der Waals surface area (Å²) < 4.78 is 0. The third-order valence-electron chi connectivity index (χ3n) is 4.39. The van der Waals surface area contributed by atoms with Crippen LogP contribution in [0, 0.1) is 12.8 Å². The molecule has 2 heteroatoms. The fourth-order valence-corrected chi connectivity index (χ4v) is 3.24. The van der Waals surface area contributed by atoms with Gasteiger partial charge in [-0.15, -0.1) is 0 Å². The van der Waals surface area contributed by atoms with Crippen molar-refractivity contribution >= 4 is 0 Å². The van der Waals surface area contributed by atoms with Crippen molar-refractivity contribution in [2.45, 2.75) is 51.0 Å². The summed E-state index contributed by atoms with van der Waals surface area (Å²) in [7, 11) is 0. The van der Waals surface area contributed by atoms with Crippen molar-refractivity contribution in [3.05, 3.63) is 29.6 Å². The monoisotopic (exact) mass is 230 g/mol. The van der Waals surface area contributed by atoms with Crippen molar-refractivity contribution in [2.75, 3.05) is 6.54 Å². The maximum Gasteiger partial charge on any atom is 0.0478 e. The normalized spacial score (nSPS) is 29.9. The summed E-state index contributed by atoms with van der Waals surface area (Å²) in [5, 5.41) is 3.85. The van der Waals surface area contributed by atoms with E-state index in [0.717, 1.165) is 11.6 Å². The van der Waals surface area contributed by atoms with E-state index in [-0.39, 0.29) is 5.54 Å². The van der Waals surface area contributed by atoms with E-state index in [0.29, 0.717) is 0 Å². The van der Waals surface area contributed by atoms with Gasteiger partial charge in [-0.1, -0.05) is 18.9 Å². The molecular formula is C15H22N2. The van der Waals surface area contributed by atoms with Gasteiger partial charge >= 0.3 is 0 Å². The summed E-state index contributed by atoms with van der Waals surface area (Å²) in [6, 6.07) is 4.45. The second-order valence-electron chi connectivity index (χ2n) is 5.67. The van der Waals surface area contributed by atoms with Gasteiger partial charge < -0.3 is 5.32 Å². The molecule has 2 heterocycles. The quantitative estimate of drug-likeness (QED) is 0.844. The number of nitrogens with zero attached hydrogens (tertiary/aromatic N) is 1. The van der Waals surface area contributed by atoms with E-state index in [4.69, 9.17) is 0 Å². The van der Waals surface area contributed by atoms with E-state index in [9.17, 15) is 0 Å². The largest absolute Gasteiger partial charge is 0.307 e. The van der Waals surface area contributed by atoms with E-state index >= 15 is 0 Å². The SMILES string of the molecule is Cc1ccc(C2(C3CC3)CCCCCN2)cn1. The van der Waals surface area contributed by atoms with Gasteiger partial charge in [-0.25, -0.2) is 0 Å². The van der Waals surface area contributed by atoms with Gasteiger partial charge in [-0.3, -0.25) is 4.98 Å². The highest BCUT2D eigenvalue weighted by Crippen LogP contribution is 2.49. The zero-order valence-corrected chi connectivity index (χ0v) is 10.7. The first-order valence-electron chi connectivity index (χ1n) is 6.99. The topological polar surface area (TPSA) is 24.9 Å². The van der Waals surface area contributed by atoms with Gasteiger partial charge in [0.25, 0.3) is 0 Å². The number of aromatic nitrogens is 1. The molecule has 1 aromatic rings. The van der Waals surface area contributed by atoms with Gasteiger partial charge in [0.05, 0.1) is 0 Å². The summed E-state index contributed by atoms with van der Waals surface area (Å²) in [6.07, 6.45) is 10.2. The van der Waals surface area contributed by atoms with Gasteiger partial charge in [0.1, 0.15) is 0 Å². The van der Waals surface area contributed by atoms with Gasteiger partial charge in [0.15, 0.2) is 0 Å². The first kappa shape index (κ1) is 11.2. The Morgan fingerprint density at radius 1 is 1.24 bits per heavy atom. The van der Waals surface area contributed by atoms with Crippen LogP contribution < -0.4 is 5.32 Å². The van der Waals surface area contributed by atoms with Crippen molar-refractivity contribution in [3.8, 4) is 0 Å². The standard InChI is InChI=1S/C15H22N2/c1-12-5-6-14(11-16-12)15(13-7-8-13)9-3-2-4-10-17-15/h5-6,11,13,17H,2-4,7-10H2,1H3. The molecule has 1 atom stereocenters. The van der Waals surface area contributed by atoms with E-state index < -0.39 is 0 Å². The third-order valence-corrected chi connectivity index (χ3v) is 4.39. The van der Waals surface area contributed by atoms with Gasteiger partial charge in [-0.05, 0) is 56.7 Å². The van der Waals surface area contributed by atoms with Crippen LogP contribution in [-0.2, 0) is 5.54 Å². The van der Waals surface area contributed by atoms with Crippen molar-refractivity contribution in [2.24, 2.45) is 5.92 Å². The Bertz CT molecular complexity index is 370. The fraction of sp³-hybridized carbons (Fsp3) is 0.667. The molecule has 92 valence electrons. The smallest absolute Gasteiger partial charge is 0.0478 e. The Morgan fingerprint density at radius 3 is 2.82 bits per heavy atom. The van der Waals surface area contributed by atoms with Crippen molar-refractivity contribution in [1.29, 1.82) is 0 Å². The highest BCUT2D eigenvalue weighted by molar-refractivity contribution is 5.26. The van der Waals surface area contributed by atoms with Crippen molar-refractivity contribution in [3.63, 3.8) is 0 Å². The fourth-order valence-electron chi connectivity index (χ4n) is 3.24. The van der Waals surface area contributed by atoms with E-state index in [2.05, 4.69) is 35.6 Å². The Balaban J connectivity index is 1.94. The minimum Gasteiger partial charge on any atom is -0.307 e. The number of rotatable bonds is 2. The highest BCUT2D eigenvalue weighted by atomic mass is 15.0. The zero-order valence-electron chi connectivity index (χ0n) is 10.7. The Hall–Kier alpha value is -0.890. The predicted molar refractivity (Wildman–Crippen MR) is 69.8 cm³/mol. The minimum absolute atomic E-state index is 0.247. The molecule has 0 amide bonds. The predicted octanol–water partition coefficient (Wildman–Crippen LogP) is 3.16. The molecule has 1 saturated carbocycles. The summed E-state index contributed by atoms with van der Waals surface area (Å²) in [5.74, 6) is 0.852. The molecule has 17 heavy (non-hydrogen) atoms. The van der Waals surface area contributed by atoms with Gasteiger partial charge in [0.2, 0.25) is 0 Å². The highest BCUT2D eigenvalue weighted by Gasteiger charge is 2.46. The summed E-state index contributed by atoms with van der Waals surface area (Å²) in [4.78, 5) is 4.50. The van der Waals surface area contributed by atoms with E-state index in [1.807, 2.05) is 0 Å². The number of hydrogen-bond acceptors (Lipinski definition) is 2. The molecule has 1 saturated heterocycles. The molecule has 3 rings (SSSR count). The summed E-state index contributed by atoms with van der Waals surface area (Å²) >= 11 is 0. The Morgan fingerprint density at radius 2 is 2.12 bits per heavy atom. The third kappa shape index (κ3) is 2.11. The van der Waals surface area contributed by atoms with Crippen LogP contribution in [0.1, 0.15) is 49.8 Å². The molecular weight excluding hydrogens is 208 g/mol. The lowest BCUT2D eigenvalue weighted by Crippen LogP contribution is -2.44. The lowest BCUT2D eigenvalue weighted by molar-refractivity contribution is 0.278. The summed E-state index contributed by atoms with van der Waals surface area (Å²) in [5.41, 5.74) is 2.79. The van der Waals surface area contributed by atoms with E-state index in [1.165, 1.54) is 50.6 Å². The molecule has 2 fully saturated rings.